The lowest BCUT2D eigenvalue weighted by atomic mass is 10.2. The standard InChI is InChI=1S/C8H5F3INO2/c9-8(10,11)15-4-1-2-5(7(13)14)6(12)3-4/h1-3H,(H2,13,14). The van der Waals surface area contributed by atoms with Crippen LogP contribution in [0.25, 0.3) is 0 Å². The van der Waals surface area contributed by atoms with Gasteiger partial charge in [-0.1, -0.05) is 0 Å². The van der Waals surface area contributed by atoms with Gasteiger partial charge in [-0.25, -0.2) is 0 Å². The van der Waals surface area contributed by atoms with E-state index in [1.165, 1.54) is 6.07 Å². The number of benzene rings is 1. The second-order valence-corrected chi connectivity index (χ2v) is 3.72. The van der Waals surface area contributed by atoms with Gasteiger partial charge in [0.15, 0.2) is 0 Å². The summed E-state index contributed by atoms with van der Waals surface area (Å²) in [5, 5.41) is 0. The van der Waals surface area contributed by atoms with E-state index in [0.29, 0.717) is 3.57 Å². The Bertz CT molecular complexity index is 392. The van der Waals surface area contributed by atoms with Crippen LogP contribution in [-0.4, -0.2) is 12.3 Å². The van der Waals surface area contributed by atoms with Crippen molar-refractivity contribution < 1.29 is 22.7 Å². The van der Waals surface area contributed by atoms with Crippen LogP contribution in [0, 0.1) is 3.57 Å². The Morgan fingerprint density at radius 3 is 2.40 bits per heavy atom. The van der Waals surface area contributed by atoms with Crippen molar-refractivity contribution in [3.8, 4) is 5.75 Å². The maximum atomic E-state index is 11.8. The summed E-state index contributed by atoms with van der Waals surface area (Å²) in [4.78, 5) is 10.8. The summed E-state index contributed by atoms with van der Waals surface area (Å²) >= 11 is 1.70. The van der Waals surface area contributed by atoms with Crippen molar-refractivity contribution in [1.29, 1.82) is 0 Å². The molecule has 0 fully saturated rings. The Balaban J connectivity index is 2.97. The first-order valence-corrected chi connectivity index (χ1v) is 4.72. The molecule has 0 aliphatic carbocycles. The molecule has 1 rings (SSSR count). The quantitative estimate of drug-likeness (QED) is 0.846. The highest BCUT2D eigenvalue weighted by molar-refractivity contribution is 14.1. The number of amides is 1. The Kier molecular flexibility index (Phi) is 3.42. The molecule has 7 heteroatoms. The van der Waals surface area contributed by atoms with Crippen LogP contribution in [0.3, 0.4) is 0 Å². The second kappa shape index (κ2) is 4.25. The van der Waals surface area contributed by atoms with E-state index >= 15 is 0 Å². The lowest BCUT2D eigenvalue weighted by molar-refractivity contribution is -0.274. The Labute approximate surface area is 96.5 Å². The van der Waals surface area contributed by atoms with E-state index in [2.05, 4.69) is 4.74 Å². The highest BCUT2D eigenvalue weighted by Gasteiger charge is 2.31. The van der Waals surface area contributed by atoms with Gasteiger partial charge in [0.05, 0.1) is 5.56 Å². The Morgan fingerprint density at radius 1 is 1.40 bits per heavy atom. The molecule has 1 aromatic rings. The summed E-state index contributed by atoms with van der Waals surface area (Å²) in [5.41, 5.74) is 5.14. The van der Waals surface area contributed by atoms with Gasteiger partial charge in [0, 0.05) is 3.57 Å². The molecule has 0 bridgehead atoms. The van der Waals surface area contributed by atoms with Crippen LogP contribution in [0.15, 0.2) is 18.2 Å². The average Bonchev–Trinajstić information content (AvgIpc) is 1.99. The molecule has 0 aromatic heterocycles. The van der Waals surface area contributed by atoms with Crippen molar-refractivity contribution in [2.45, 2.75) is 6.36 Å². The summed E-state index contributed by atoms with van der Waals surface area (Å²) in [6.07, 6.45) is -4.74. The van der Waals surface area contributed by atoms with E-state index in [1.54, 1.807) is 22.6 Å². The summed E-state index contributed by atoms with van der Waals surface area (Å²) < 4.78 is 39.4. The maximum Gasteiger partial charge on any atom is 0.573 e. The zero-order valence-electron chi connectivity index (χ0n) is 7.14. The summed E-state index contributed by atoms with van der Waals surface area (Å²) in [7, 11) is 0. The van der Waals surface area contributed by atoms with E-state index in [4.69, 9.17) is 5.73 Å². The van der Waals surface area contributed by atoms with Crippen LogP contribution >= 0.6 is 22.6 Å². The fraction of sp³-hybridized carbons (Fsp3) is 0.125. The van der Waals surface area contributed by atoms with Gasteiger partial charge in [-0.3, -0.25) is 4.79 Å². The molecule has 0 atom stereocenters. The number of alkyl halides is 3. The molecular weight excluding hydrogens is 326 g/mol. The summed E-state index contributed by atoms with van der Waals surface area (Å²) in [6, 6.07) is 3.31. The van der Waals surface area contributed by atoms with Crippen molar-refractivity contribution in [3.05, 3.63) is 27.3 Å². The smallest absolute Gasteiger partial charge is 0.406 e. The van der Waals surface area contributed by atoms with Gasteiger partial charge >= 0.3 is 6.36 Å². The normalized spacial score (nSPS) is 11.2. The molecule has 15 heavy (non-hydrogen) atoms. The number of carbonyl (C=O) groups excluding carboxylic acids is 1. The molecule has 0 radical (unpaired) electrons. The number of hydrogen-bond donors (Lipinski definition) is 1. The minimum absolute atomic E-state index is 0.158. The van der Waals surface area contributed by atoms with E-state index in [9.17, 15) is 18.0 Å². The maximum absolute atomic E-state index is 11.8. The molecule has 1 amide bonds. The molecule has 82 valence electrons. The Morgan fingerprint density at radius 2 is 2.00 bits per heavy atom. The van der Waals surface area contributed by atoms with Crippen LogP contribution in [0.5, 0.6) is 5.75 Å². The SMILES string of the molecule is NC(=O)c1ccc(OC(F)(F)F)cc1I. The van der Waals surface area contributed by atoms with Gasteiger partial charge in [0.25, 0.3) is 0 Å². The predicted molar refractivity (Wildman–Crippen MR) is 54.4 cm³/mol. The molecule has 3 nitrogen and oxygen atoms in total. The summed E-state index contributed by atoms with van der Waals surface area (Å²) in [6.45, 7) is 0. The minimum Gasteiger partial charge on any atom is -0.406 e. The van der Waals surface area contributed by atoms with Crippen molar-refractivity contribution in [3.63, 3.8) is 0 Å². The van der Waals surface area contributed by atoms with Gasteiger partial charge in [-0.15, -0.1) is 13.2 Å². The van der Waals surface area contributed by atoms with E-state index in [0.717, 1.165) is 12.1 Å². The van der Waals surface area contributed by atoms with Crippen LogP contribution in [0.4, 0.5) is 13.2 Å². The highest BCUT2D eigenvalue weighted by Crippen LogP contribution is 2.25. The second-order valence-electron chi connectivity index (χ2n) is 2.55. The third-order valence-electron chi connectivity index (χ3n) is 1.44. The first-order valence-electron chi connectivity index (χ1n) is 3.65. The van der Waals surface area contributed by atoms with Crippen molar-refractivity contribution in [1.82, 2.24) is 0 Å². The molecule has 0 spiro atoms. The molecule has 1 aromatic carbocycles. The predicted octanol–water partition coefficient (Wildman–Crippen LogP) is 2.29. The molecular formula is C8H5F3INO2. The number of rotatable bonds is 2. The van der Waals surface area contributed by atoms with E-state index in [1.807, 2.05) is 0 Å². The van der Waals surface area contributed by atoms with Crippen LogP contribution in [-0.2, 0) is 0 Å². The number of carbonyl (C=O) groups is 1. The van der Waals surface area contributed by atoms with Crippen molar-refractivity contribution in [2.75, 3.05) is 0 Å². The first-order chi connectivity index (χ1) is 6.79. The van der Waals surface area contributed by atoms with Gasteiger partial charge in [-0.2, -0.15) is 0 Å². The fourth-order valence-electron chi connectivity index (χ4n) is 0.893. The molecule has 0 unspecified atom stereocenters. The molecule has 0 heterocycles. The van der Waals surface area contributed by atoms with Gasteiger partial charge in [-0.05, 0) is 40.8 Å². The molecule has 0 saturated carbocycles. The molecule has 0 aliphatic heterocycles. The number of ether oxygens (including phenoxy) is 1. The first kappa shape index (κ1) is 12.1. The highest BCUT2D eigenvalue weighted by atomic mass is 127. The third-order valence-corrected chi connectivity index (χ3v) is 2.33. The monoisotopic (exact) mass is 331 g/mol. The minimum atomic E-state index is -4.74. The largest absolute Gasteiger partial charge is 0.573 e. The number of hydrogen-bond acceptors (Lipinski definition) is 2. The lowest BCUT2D eigenvalue weighted by Crippen LogP contribution is -2.18. The van der Waals surface area contributed by atoms with Crippen LogP contribution < -0.4 is 10.5 Å². The number of primary amides is 1. The number of nitrogens with two attached hydrogens (primary N) is 1. The van der Waals surface area contributed by atoms with Gasteiger partial charge in [0.1, 0.15) is 5.75 Å². The fourth-order valence-corrected chi connectivity index (χ4v) is 1.65. The Hall–Kier alpha value is -0.990. The van der Waals surface area contributed by atoms with Gasteiger partial charge < -0.3 is 10.5 Å². The lowest BCUT2D eigenvalue weighted by Gasteiger charge is -2.09. The average molecular weight is 331 g/mol. The molecule has 0 saturated heterocycles. The topological polar surface area (TPSA) is 52.3 Å². The van der Waals surface area contributed by atoms with Crippen molar-refractivity contribution in [2.24, 2.45) is 5.73 Å². The third kappa shape index (κ3) is 3.57. The van der Waals surface area contributed by atoms with Crippen molar-refractivity contribution >= 4 is 28.5 Å². The zero-order chi connectivity index (χ0) is 11.6. The molecule has 2 N–H and O–H groups in total. The molecule has 0 aliphatic rings. The van der Waals surface area contributed by atoms with Crippen LogP contribution in [0.2, 0.25) is 0 Å². The summed E-state index contributed by atoms with van der Waals surface area (Å²) in [5.74, 6) is -1.07. The van der Waals surface area contributed by atoms with E-state index in [-0.39, 0.29) is 11.3 Å². The van der Waals surface area contributed by atoms with E-state index < -0.39 is 12.3 Å². The zero-order valence-corrected chi connectivity index (χ0v) is 9.30. The van der Waals surface area contributed by atoms with Gasteiger partial charge in [0.2, 0.25) is 5.91 Å². The number of halogens is 4. The van der Waals surface area contributed by atoms with Crippen LogP contribution in [0.1, 0.15) is 10.4 Å².